The van der Waals surface area contributed by atoms with E-state index in [2.05, 4.69) is 10.6 Å². The van der Waals surface area contributed by atoms with Crippen LogP contribution >= 0.6 is 0 Å². The Morgan fingerprint density at radius 3 is 2.57 bits per heavy atom. The Labute approximate surface area is 127 Å². The van der Waals surface area contributed by atoms with Gasteiger partial charge >= 0.3 is 6.03 Å². The average molecular weight is 293 g/mol. The Kier molecular flexibility index (Phi) is 6.03. The summed E-state index contributed by atoms with van der Waals surface area (Å²) in [5, 5.41) is 15.8. The summed E-state index contributed by atoms with van der Waals surface area (Å²) in [7, 11) is 3.85. The lowest BCUT2D eigenvalue weighted by Gasteiger charge is -2.29. The highest BCUT2D eigenvalue weighted by Gasteiger charge is 2.27. The Morgan fingerprint density at radius 2 is 2.00 bits per heavy atom. The molecule has 0 aliphatic rings. The molecule has 5 nitrogen and oxygen atoms in total. The van der Waals surface area contributed by atoms with Crippen LogP contribution in [0.5, 0.6) is 0 Å². The van der Waals surface area contributed by atoms with Gasteiger partial charge in [-0.15, -0.1) is 0 Å². The molecule has 2 unspecified atom stereocenters. The van der Waals surface area contributed by atoms with E-state index in [4.69, 9.17) is 0 Å². The number of anilines is 2. The van der Waals surface area contributed by atoms with E-state index in [1.165, 1.54) is 0 Å². The fourth-order valence-electron chi connectivity index (χ4n) is 2.01. The molecule has 5 heteroatoms. The summed E-state index contributed by atoms with van der Waals surface area (Å²) in [5.74, 6) is 0.117. The molecule has 0 radical (unpaired) electrons. The van der Waals surface area contributed by atoms with Gasteiger partial charge in [-0.25, -0.2) is 4.79 Å². The van der Waals surface area contributed by atoms with Crippen LogP contribution in [0.1, 0.15) is 27.2 Å². The molecule has 0 aromatic heterocycles. The quantitative estimate of drug-likeness (QED) is 0.755. The van der Waals surface area contributed by atoms with Crippen molar-refractivity contribution in [3.05, 3.63) is 24.3 Å². The molecule has 2 amide bonds. The van der Waals surface area contributed by atoms with Crippen LogP contribution in [0.2, 0.25) is 0 Å². The van der Waals surface area contributed by atoms with E-state index >= 15 is 0 Å². The Balaban J connectivity index is 2.63. The van der Waals surface area contributed by atoms with Crippen LogP contribution in [0.25, 0.3) is 0 Å². The Morgan fingerprint density at radius 1 is 1.38 bits per heavy atom. The van der Waals surface area contributed by atoms with E-state index in [9.17, 15) is 9.90 Å². The van der Waals surface area contributed by atoms with E-state index in [0.717, 1.165) is 17.8 Å². The predicted molar refractivity (Wildman–Crippen MR) is 87.9 cm³/mol. The monoisotopic (exact) mass is 293 g/mol. The molecule has 2 atom stereocenters. The summed E-state index contributed by atoms with van der Waals surface area (Å²) >= 11 is 0. The molecule has 0 fully saturated rings. The highest BCUT2D eigenvalue weighted by molar-refractivity contribution is 5.93. The number of nitrogens with one attached hydrogen (secondary N) is 2. The van der Waals surface area contributed by atoms with Crippen LogP contribution in [-0.4, -0.2) is 37.4 Å². The summed E-state index contributed by atoms with van der Waals surface area (Å²) in [6, 6.07) is 7.27. The van der Waals surface area contributed by atoms with Crippen LogP contribution < -0.4 is 15.5 Å². The zero-order valence-corrected chi connectivity index (χ0v) is 13.6. The molecule has 1 aromatic rings. The van der Waals surface area contributed by atoms with Crippen molar-refractivity contribution in [2.45, 2.75) is 32.8 Å². The third-order valence-corrected chi connectivity index (χ3v) is 3.91. The van der Waals surface area contributed by atoms with E-state index in [0.29, 0.717) is 0 Å². The molecule has 0 aliphatic heterocycles. The van der Waals surface area contributed by atoms with Crippen molar-refractivity contribution in [2.24, 2.45) is 5.92 Å². The third kappa shape index (κ3) is 4.93. The van der Waals surface area contributed by atoms with E-state index < -0.39 is 5.60 Å². The van der Waals surface area contributed by atoms with Gasteiger partial charge in [0.15, 0.2) is 0 Å². The van der Waals surface area contributed by atoms with Gasteiger partial charge in [0.05, 0.1) is 17.0 Å². The fraction of sp³-hybridized carbons (Fsp3) is 0.562. The number of rotatable bonds is 6. The minimum atomic E-state index is -0.910. The zero-order valence-electron chi connectivity index (χ0n) is 13.6. The average Bonchev–Trinajstić information content (AvgIpc) is 2.44. The van der Waals surface area contributed by atoms with Gasteiger partial charge in [0, 0.05) is 20.6 Å². The first-order valence-corrected chi connectivity index (χ1v) is 7.31. The summed E-state index contributed by atoms with van der Waals surface area (Å²) in [5.41, 5.74) is 0.761. The molecular weight excluding hydrogens is 266 g/mol. The van der Waals surface area contributed by atoms with Gasteiger partial charge < -0.3 is 20.6 Å². The van der Waals surface area contributed by atoms with Crippen molar-refractivity contribution in [3.63, 3.8) is 0 Å². The normalized spacial score (nSPS) is 15.0. The molecule has 0 saturated carbocycles. The van der Waals surface area contributed by atoms with Crippen molar-refractivity contribution >= 4 is 17.4 Å². The van der Waals surface area contributed by atoms with Gasteiger partial charge in [-0.3, -0.25) is 0 Å². The highest BCUT2D eigenvalue weighted by Crippen LogP contribution is 2.23. The smallest absolute Gasteiger partial charge is 0.319 e. The molecule has 0 spiro atoms. The lowest BCUT2D eigenvalue weighted by Crippen LogP contribution is -2.46. The maximum absolute atomic E-state index is 12.0. The first-order chi connectivity index (χ1) is 9.77. The van der Waals surface area contributed by atoms with E-state index in [1.807, 2.05) is 57.1 Å². The predicted octanol–water partition coefficient (Wildman–Crippen LogP) is 2.67. The second kappa shape index (κ2) is 7.31. The van der Waals surface area contributed by atoms with Crippen molar-refractivity contribution in [2.75, 3.05) is 30.9 Å². The molecule has 3 N–H and O–H groups in total. The number of hydrogen-bond acceptors (Lipinski definition) is 3. The molecule has 0 bridgehead atoms. The van der Waals surface area contributed by atoms with Gasteiger partial charge in [-0.2, -0.15) is 0 Å². The zero-order chi connectivity index (χ0) is 16.0. The number of carbonyl (C=O) groups is 1. The van der Waals surface area contributed by atoms with Crippen molar-refractivity contribution in [1.29, 1.82) is 0 Å². The minimum Gasteiger partial charge on any atom is -0.388 e. The fourth-order valence-corrected chi connectivity index (χ4v) is 2.01. The topological polar surface area (TPSA) is 64.6 Å². The second-order valence-corrected chi connectivity index (χ2v) is 5.89. The molecule has 0 aliphatic carbocycles. The minimum absolute atomic E-state index is 0.117. The molecule has 1 aromatic carbocycles. The Bertz CT molecular complexity index is 472. The van der Waals surface area contributed by atoms with Crippen LogP contribution in [0.3, 0.4) is 0 Å². The SMILES string of the molecule is CCC(C)C(C)(O)CNC(=O)Nc1ccccc1N(C)C. The van der Waals surface area contributed by atoms with Crippen LogP contribution in [0.4, 0.5) is 16.2 Å². The summed E-state index contributed by atoms with van der Waals surface area (Å²) in [4.78, 5) is 13.9. The number of hydrogen-bond donors (Lipinski definition) is 3. The number of carbonyl (C=O) groups excluding carboxylic acids is 1. The number of amides is 2. The molecule has 0 heterocycles. The van der Waals surface area contributed by atoms with E-state index in [-0.39, 0.29) is 18.5 Å². The summed E-state index contributed by atoms with van der Waals surface area (Å²) in [6.07, 6.45) is 0.861. The van der Waals surface area contributed by atoms with Gasteiger partial charge in [0.1, 0.15) is 0 Å². The number of benzene rings is 1. The number of aliphatic hydroxyl groups is 1. The van der Waals surface area contributed by atoms with Gasteiger partial charge in [-0.1, -0.05) is 32.4 Å². The van der Waals surface area contributed by atoms with Gasteiger partial charge in [-0.05, 0) is 25.0 Å². The maximum atomic E-state index is 12.0. The number of urea groups is 1. The Hall–Kier alpha value is -1.75. The molecule has 1 rings (SSSR count). The number of para-hydroxylation sites is 2. The molecule has 21 heavy (non-hydrogen) atoms. The first-order valence-electron chi connectivity index (χ1n) is 7.31. The molecule has 0 saturated heterocycles. The van der Waals surface area contributed by atoms with Crippen LogP contribution in [-0.2, 0) is 0 Å². The lowest BCUT2D eigenvalue weighted by molar-refractivity contribution is 0.00827. The van der Waals surface area contributed by atoms with Crippen LogP contribution in [0.15, 0.2) is 24.3 Å². The second-order valence-electron chi connectivity index (χ2n) is 5.89. The molecular formula is C16H27N3O2. The standard InChI is InChI=1S/C16H27N3O2/c1-6-12(2)16(3,21)11-17-15(20)18-13-9-7-8-10-14(13)19(4)5/h7-10,12,21H,6,11H2,1-5H3,(H2,17,18,20). The first kappa shape index (κ1) is 17.3. The molecule has 118 valence electrons. The maximum Gasteiger partial charge on any atom is 0.319 e. The van der Waals surface area contributed by atoms with Crippen molar-refractivity contribution < 1.29 is 9.90 Å². The largest absolute Gasteiger partial charge is 0.388 e. The van der Waals surface area contributed by atoms with Crippen LogP contribution in [0, 0.1) is 5.92 Å². The summed E-state index contributed by atoms with van der Waals surface area (Å²) < 4.78 is 0. The van der Waals surface area contributed by atoms with Crippen molar-refractivity contribution in [3.8, 4) is 0 Å². The van der Waals surface area contributed by atoms with Gasteiger partial charge in [0.25, 0.3) is 0 Å². The third-order valence-electron chi connectivity index (χ3n) is 3.91. The van der Waals surface area contributed by atoms with E-state index in [1.54, 1.807) is 6.92 Å². The lowest BCUT2D eigenvalue weighted by atomic mass is 9.89. The van der Waals surface area contributed by atoms with Crippen molar-refractivity contribution in [1.82, 2.24) is 5.32 Å². The summed E-state index contributed by atoms with van der Waals surface area (Å²) in [6.45, 7) is 5.96. The van der Waals surface area contributed by atoms with Gasteiger partial charge in [0.2, 0.25) is 0 Å². The number of nitrogens with zero attached hydrogens (tertiary/aromatic N) is 1. The highest BCUT2D eigenvalue weighted by atomic mass is 16.3.